The van der Waals surface area contributed by atoms with Gasteiger partial charge in [-0.05, 0) is 27.4 Å². The van der Waals surface area contributed by atoms with Crippen molar-refractivity contribution in [1.82, 2.24) is 10.2 Å². The summed E-state index contributed by atoms with van der Waals surface area (Å²) in [6, 6.07) is 1.48. The Hall–Kier alpha value is -0.0800. The van der Waals surface area contributed by atoms with E-state index < -0.39 is 0 Å². The van der Waals surface area contributed by atoms with Gasteiger partial charge >= 0.3 is 0 Å². The molecule has 0 aromatic heterocycles. The maximum Gasteiger partial charge on any atom is 0.0229 e. The fraction of sp³-hybridized carbons (Fsp3) is 1.00. The van der Waals surface area contributed by atoms with Crippen molar-refractivity contribution < 1.29 is 0 Å². The molecule has 0 radical (unpaired) electrons. The third kappa shape index (κ3) is 1.66. The smallest absolute Gasteiger partial charge is 0.0229 e. The van der Waals surface area contributed by atoms with Crippen molar-refractivity contribution in [3.63, 3.8) is 0 Å². The number of rotatable bonds is 1. The molecule has 2 atom stereocenters. The fourth-order valence-corrected chi connectivity index (χ4v) is 1.31. The molecule has 0 aliphatic carbocycles. The van der Waals surface area contributed by atoms with Crippen molar-refractivity contribution in [3.8, 4) is 0 Å². The molecule has 0 aromatic rings. The predicted octanol–water partition coefficient (Wildman–Crippen LogP) is 0.298. The second kappa shape index (κ2) is 2.67. The lowest BCUT2D eigenvalue weighted by Gasteiger charge is -2.16. The van der Waals surface area contributed by atoms with Crippen molar-refractivity contribution >= 4 is 0 Å². The van der Waals surface area contributed by atoms with E-state index in [1.165, 1.54) is 6.42 Å². The maximum atomic E-state index is 3.41. The Bertz CT molecular complexity index is 90.9. The highest BCUT2D eigenvalue weighted by molar-refractivity contribution is 4.82. The Morgan fingerprint density at radius 2 is 2.11 bits per heavy atom. The molecule has 2 nitrogen and oxygen atoms in total. The van der Waals surface area contributed by atoms with Crippen LogP contribution >= 0.6 is 0 Å². The summed E-state index contributed by atoms with van der Waals surface area (Å²) in [6.07, 6.45) is 1.30. The molecule has 1 heterocycles. The molecule has 1 unspecified atom stereocenters. The average molecular weight is 128 g/mol. The van der Waals surface area contributed by atoms with Gasteiger partial charge in [0.1, 0.15) is 0 Å². The van der Waals surface area contributed by atoms with Gasteiger partial charge in [0.15, 0.2) is 0 Å². The number of hydrogen-bond donors (Lipinski definition) is 1. The Balaban J connectivity index is 2.30. The van der Waals surface area contributed by atoms with Crippen LogP contribution in [0.25, 0.3) is 0 Å². The van der Waals surface area contributed by atoms with Crippen molar-refractivity contribution in [3.05, 3.63) is 0 Å². The van der Waals surface area contributed by atoms with Crippen LogP contribution in [0.15, 0.2) is 0 Å². The summed E-state index contributed by atoms with van der Waals surface area (Å²) in [5.41, 5.74) is 0. The molecule has 1 aliphatic rings. The van der Waals surface area contributed by atoms with Crippen LogP contribution in [0.3, 0.4) is 0 Å². The van der Waals surface area contributed by atoms with Crippen LogP contribution in [0.1, 0.15) is 13.3 Å². The Kier molecular flexibility index (Phi) is 2.09. The maximum absolute atomic E-state index is 3.41. The number of nitrogens with zero attached hydrogens (tertiary/aromatic N) is 1. The van der Waals surface area contributed by atoms with E-state index in [2.05, 4.69) is 31.2 Å². The van der Waals surface area contributed by atoms with Crippen molar-refractivity contribution in [2.75, 3.05) is 20.6 Å². The summed E-state index contributed by atoms with van der Waals surface area (Å²) in [4.78, 5) is 2.29. The second-order valence-corrected chi connectivity index (χ2v) is 3.16. The van der Waals surface area contributed by atoms with Gasteiger partial charge in [0, 0.05) is 18.6 Å². The molecule has 1 aliphatic heterocycles. The lowest BCUT2D eigenvalue weighted by Crippen LogP contribution is -2.29. The van der Waals surface area contributed by atoms with Crippen LogP contribution in [0.2, 0.25) is 0 Å². The van der Waals surface area contributed by atoms with Gasteiger partial charge < -0.3 is 10.2 Å². The zero-order chi connectivity index (χ0) is 6.85. The van der Waals surface area contributed by atoms with Crippen LogP contribution in [0.4, 0.5) is 0 Å². The molecule has 0 aromatic carbocycles. The van der Waals surface area contributed by atoms with E-state index >= 15 is 0 Å². The first-order valence-electron chi connectivity index (χ1n) is 3.60. The molecule has 0 amide bonds. The summed E-state index contributed by atoms with van der Waals surface area (Å²) < 4.78 is 0. The Labute approximate surface area is 57.2 Å². The van der Waals surface area contributed by atoms with E-state index in [9.17, 15) is 0 Å². The van der Waals surface area contributed by atoms with Gasteiger partial charge in [-0.1, -0.05) is 0 Å². The van der Waals surface area contributed by atoms with E-state index in [0.29, 0.717) is 0 Å². The van der Waals surface area contributed by atoms with Crippen molar-refractivity contribution in [2.45, 2.75) is 25.4 Å². The van der Waals surface area contributed by atoms with Crippen LogP contribution in [0.5, 0.6) is 0 Å². The van der Waals surface area contributed by atoms with Gasteiger partial charge in [-0.3, -0.25) is 0 Å². The lowest BCUT2D eigenvalue weighted by atomic mass is 10.2. The van der Waals surface area contributed by atoms with Gasteiger partial charge in [-0.15, -0.1) is 0 Å². The molecular weight excluding hydrogens is 112 g/mol. The number of hydrogen-bond acceptors (Lipinski definition) is 2. The minimum atomic E-state index is 0.720. The highest BCUT2D eigenvalue weighted by atomic mass is 15.2. The van der Waals surface area contributed by atoms with E-state index in [0.717, 1.165) is 18.6 Å². The molecular formula is C7H16N2. The monoisotopic (exact) mass is 128 g/mol. The molecule has 1 rings (SSSR count). The third-order valence-electron chi connectivity index (χ3n) is 2.06. The van der Waals surface area contributed by atoms with Gasteiger partial charge in [-0.2, -0.15) is 0 Å². The summed E-state index contributed by atoms with van der Waals surface area (Å²) in [6.45, 7) is 3.40. The van der Waals surface area contributed by atoms with Crippen LogP contribution in [-0.4, -0.2) is 37.6 Å². The second-order valence-electron chi connectivity index (χ2n) is 3.16. The van der Waals surface area contributed by atoms with Crippen LogP contribution < -0.4 is 5.32 Å². The first-order valence-corrected chi connectivity index (χ1v) is 3.60. The highest BCUT2D eigenvalue weighted by Crippen LogP contribution is 2.09. The molecule has 1 N–H and O–H groups in total. The topological polar surface area (TPSA) is 15.3 Å². The van der Waals surface area contributed by atoms with E-state index in [4.69, 9.17) is 0 Å². The molecule has 0 bridgehead atoms. The molecule has 0 saturated carbocycles. The summed E-state index contributed by atoms with van der Waals surface area (Å²) in [5.74, 6) is 0. The summed E-state index contributed by atoms with van der Waals surface area (Å²) >= 11 is 0. The largest absolute Gasteiger partial charge is 0.313 e. The van der Waals surface area contributed by atoms with Crippen LogP contribution in [-0.2, 0) is 0 Å². The SMILES string of the molecule is C[C@H]1CC(N(C)C)CN1. The Morgan fingerprint density at radius 1 is 1.44 bits per heavy atom. The molecule has 54 valence electrons. The van der Waals surface area contributed by atoms with Crippen LogP contribution in [0, 0.1) is 0 Å². The minimum Gasteiger partial charge on any atom is -0.313 e. The molecule has 2 heteroatoms. The van der Waals surface area contributed by atoms with Gasteiger partial charge in [-0.25, -0.2) is 0 Å². The van der Waals surface area contributed by atoms with E-state index in [1.807, 2.05) is 0 Å². The number of nitrogens with one attached hydrogen (secondary N) is 1. The van der Waals surface area contributed by atoms with E-state index in [1.54, 1.807) is 0 Å². The Morgan fingerprint density at radius 3 is 2.33 bits per heavy atom. The third-order valence-corrected chi connectivity index (χ3v) is 2.06. The van der Waals surface area contributed by atoms with E-state index in [-0.39, 0.29) is 0 Å². The first kappa shape index (κ1) is 7.03. The zero-order valence-electron chi connectivity index (χ0n) is 6.52. The fourth-order valence-electron chi connectivity index (χ4n) is 1.31. The predicted molar refractivity (Wildman–Crippen MR) is 39.6 cm³/mol. The average Bonchev–Trinajstić information content (AvgIpc) is 2.14. The van der Waals surface area contributed by atoms with Gasteiger partial charge in [0.2, 0.25) is 0 Å². The molecule has 0 spiro atoms. The molecule has 9 heavy (non-hydrogen) atoms. The van der Waals surface area contributed by atoms with Gasteiger partial charge in [0.25, 0.3) is 0 Å². The first-order chi connectivity index (χ1) is 4.20. The summed E-state index contributed by atoms with van der Waals surface area (Å²) in [5, 5.41) is 3.41. The molecule has 1 saturated heterocycles. The highest BCUT2D eigenvalue weighted by Gasteiger charge is 2.21. The van der Waals surface area contributed by atoms with Gasteiger partial charge in [0.05, 0.1) is 0 Å². The lowest BCUT2D eigenvalue weighted by molar-refractivity contribution is 0.310. The normalized spacial score (nSPS) is 36.0. The quantitative estimate of drug-likeness (QED) is 0.546. The standard InChI is InChI=1S/C7H16N2/c1-6-4-7(5-8-6)9(2)3/h6-8H,4-5H2,1-3H3/t6-,7?/m0/s1. The minimum absolute atomic E-state index is 0.720. The zero-order valence-corrected chi connectivity index (χ0v) is 6.52. The summed E-state index contributed by atoms with van der Waals surface area (Å²) in [7, 11) is 4.29. The number of likely N-dealkylation sites (N-methyl/N-ethyl adjacent to an activating group) is 1. The van der Waals surface area contributed by atoms with Crippen molar-refractivity contribution in [1.29, 1.82) is 0 Å². The molecule has 1 fully saturated rings. The van der Waals surface area contributed by atoms with Crippen molar-refractivity contribution in [2.24, 2.45) is 0 Å².